The standard InChI is InChI=1S/C14H19F3N2O4/c1-8(13(20)18-7-14(15,16)17)19-9-5-10(21-2)12(23-4)11(6-9)22-3/h5-6,8,19H,7H2,1-4H3,(H,18,20). The fraction of sp³-hybridized carbons (Fsp3) is 0.500. The predicted octanol–water partition coefficient (Wildman–Crippen LogP) is 2.19. The molecule has 0 saturated heterocycles. The fourth-order valence-corrected chi connectivity index (χ4v) is 1.82. The third-order valence-electron chi connectivity index (χ3n) is 2.90. The number of halogens is 3. The molecule has 1 aromatic rings. The zero-order valence-electron chi connectivity index (χ0n) is 13.2. The molecule has 0 aliphatic heterocycles. The number of hydrogen-bond acceptors (Lipinski definition) is 5. The van der Waals surface area contributed by atoms with E-state index in [2.05, 4.69) is 5.32 Å². The van der Waals surface area contributed by atoms with Crippen molar-refractivity contribution in [2.24, 2.45) is 0 Å². The molecule has 0 bridgehead atoms. The second-order valence-electron chi connectivity index (χ2n) is 4.61. The lowest BCUT2D eigenvalue weighted by atomic mass is 10.2. The molecule has 0 aliphatic carbocycles. The van der Waals surface area contributed by atoms with Gasteiger partial charge in [-0.1, -0.05) is 0 Å². The number of rotatable bonds is 7. The average molecular weight is 336 g/mol. The van der Waals surface area contributed by atoms with Crippen LogP contribution >= 0.6 is 0 Å². The van der Waals surface area contributed by atoms with Crippen LogP contribution < -0.4 is 24.8 Å². The van der Waals surface area contributed by atoms with Gasteiger partial charge in [0.2, 0.25) is 11.7 Å². The minimum absolute atomic E-state index is 0.359. The number of alkyl halides is 3. The number of benzene rings is 1. The first-order valence-electron chi connectivity index (χ1n) is 6.62. The van der Waals surface area contributed by atoms with E-state index < -0.39 is 24.7 Å². The quantitative estimate of drug-likeness (QED) is 0.799. The number of carbonyl (C=O) groups is 1. The lowest BCUT2D eigenvalue weighted by Gasteiger charge is -2.18. The molecule has 1 aromatic carbocycles. The lowest BCUT2D eigenvalue weighted by Crippen LogP contribution is -2.42. The second kappa shape index (κ2) is 7.80. The van der Waals surface area contributed by atoms with E-state index in [0.717, 1.165) is 0 Å². The summed E-state index contributed by atoms with van der Waals surface area (Å²) in [5, 5.41) is 4.59. The molecule has 1 atom stereocenters. The molecule has 1 rings (SSSR count). The van der Waals surface area contributed by atoms with Crippen molar-refractivity contribution < 1.29 is 32.2 Å². The summed E-state index contributed by atoms with van der Waals surface area (Å²) in [5.74, 6) is 0.306. The topological polar surface area (TPSA) is 68.8 Å². The zero-order valence-corrected chi connectivity index (χ0v) is 13.2. The molecule has 0 radical (unpaired) electrons. The van der Waals surface area contributed by atoms with E-state index in [1.807, 2.05) is 5.32 Å². The second-order valence-corrected chi connectivity index (χ2v) is 4.61. The number of hydrogen-bond donors (Lipinski definition) is 2. The highest BCUT2D eigenvalue weighted by Crippen LogP contribution is 2.40. The Bertz CT molecular complexity index is 524. The van der Waals surface area contributed by atoms with Gasteiger partial charge in [-0.05, 0) is 6.92 Å². The molecule has 0 fully saturated rings. The SMILES string of the molecule is COc1cc(NC(C)C(=O)NCC(F)(F)F)cc(OC)c1OC. The van der Waals surface area contributed by atoms with Crippen molar-refractivity contribution in [3.8, 4) is 17.2 Å². The molecule has 1 amide bonds. The Hall–Kier alpha value is -2.32. The molecule has 130 valence electrons. The highest BCUT2D eigenvalue weighted by Gasteiger charge is 2.28. The predicted molar refractivity (Wildman–Crippen MR) is 78.2 cm³/mol. The molecule has 0 heterocycles. The number of amides is 1. The van der Waals surface area contributed by atoms with Gasteiger partial charge < -0.3 is 24.8 Å². The van der Waals surface area contributed by atoms with Gasteiger partial charge in [0.25, 0.3) is 0 Å². The van der Waals surface area contributed by atoms with Gasteiger partial charge in [0.05, 0.1) is 21.3 Å². The minimum Gasteiger partial charge on any atom is -0.493 e. The van der Waals surface area contributed by atoms with Gasteiger partial charge in [-0.2, -0.15) is 13.2 Å². The molecule has 0 aromatic heterocycles. The van der Waals surface area contributed by atoms with E-state index in [4.69, 9.17) is 14.2 Å². The van der Waals surface area contributed by atoms with Crippen molar-refractivity contribution in [1.29, 1.82) is 0 Å². The number of ether oxygens (including phenoxy) is 3. The number of methoxy groups -OCH3 is 3. The first-order chi connectivity index (χ1) is 10.7. The Labute approximate surface area is 131 Å². The van der Waals surface area contributed by atoms with E-state index in [0.29, 0.717) is 22.9 Å². The summed E-state index contributed by atoms with van der Waals surface area (Å²) in [5.41, 5.74) is 0.439. The summed E-state index contributed by atoms with van der Waals surface area (Å²) in [6.45, 7) is 0.0575. The van der Waals surface area contributed by atoms with Crippen LogP contribution in [0.5, 0.6) is 17.2 Å². The number of carbonyl (C=O) groups excluding carboxylic acids is 1. The van der Waals surface area contributed by atoms with Crippen molar-refractivity contribution in [2.45, 2.75) is 19.1 Å². The van der Waals surface area contributed by atoms with E-state index in [9.17, 15) is 18.0 Å². The number of nitrogens with one attached hydrogen (secondary N) is 2. The van der Waals surface area contributed by atoms with E-state index in [1.165, 1.54) is 28.3 Å². The summed E-state index contributed by atoms with van der Waals surface area (Å²) < 4.78 is 51.8. The van der Waals surface area contributed by atoms with Crippen LogP contribution in [0.15, 0.2) is 12.1 Å². The van der Waals surface area contributed by atoms with Gasteiger partial charge in [-0.15, -0.1) is 0 Å². The van der Waals surface area contributed by atoms with Gasteiger partial charge in [0.1, 0.15) is 12.6 Å². The first-order valence-corrected chi connectivity index (χ1v) is 6.62. The summed E-state index contributed by atoms with van der Waals surface area (Å²) in [6, 6.07) is 2.21. The highest BCUT2D eigenvalue weighted by atomic mass is 19.4. The van der Waals surface area contributed by atoms with Gasteiger partial charge in [-0.25, -0.2) is 0 Å². The molecule has 0 aliphatic rings. The summed E-state index contributed by atoms with van der Waals surface area (Å²) >= 11 is 0. The van der Waals surface area contributed by atoms with Crippen LogP contribution in [-0.4, -0.2) is 46.0 Å². The van der Waals surface area contributed by atoms with Gasteiger partial charge in [-0.3, -0.25) is 4.79 Å². The van der Waals surface area contributed by atoms with E-state index >= 15 is 0 Å². The normalized spacial score (nSPS) is 12.3. The fourth-order valence-electron chi connectivity index (χ4n) is 1.82. The lowest BCUT2D eigenvalue weighted by molar-refractivity contribution is -0.138. The Morgan fingerprint density at radius 1 is 1.13 bits per heavy atom. The third kappa shape index (κ3) is 5.42. The molecular formula is C14H19F3N2O4. The Morgan fingerprint density at radius 3 is 2.04 bits per heavy atom. The van der Waals surface area contributed by atoms with Crippen LogP contribution in [0.25, 0.3) is 0 Å². The monoisotopic (exact) mass is 336 g/mol. The van der Waals surface area contributed by atoms with Crippen LogP contribution in [0.4, 0.5) is 18.9 Å². The molecule has 9 heteroatoms. The van der Waals surface area contributed by atoms with Crippen LogP contribution in [-0.2, 0) is 4.79 Å². The smallest absolute Gasteiger partial charge is 0.405 e. The van der Waals surface area contributed by atoms with Crippen LogP contribution in [0, 0.1) is 0 Å². The molecule has 0 spiro atoms. The highest BCUT2D eigenvalue weighted by molar-refractivity contribution is 5.84. The van der Waals surface area contributed by atoms with Crippen molar-refractivity contribution in [3.05, 3.63) is 12.1 Å². The molecular weight excluding hydrogens is 317 g/mol. The Morgan fingerprint density at radius 2 is 1.65 bits per heavy atom. The minimum atomic E-state index is -4.46. The molecule has 23 heavy (non-hydrogen) atoms. The van der Waals surface area contributed by atoms with Gasteiger partial charge in [0, 0.05) is 17.8 Å². The molecule has 6 nitrogen and oxygen atoms in total. The van der Waals surface area contributed by atoms with E-state index in [-0.39, 0.29) is 0 Å². The van der Waals surface area contributed by atoms with Crippen molar-refractivity contribution in [2.75, 3.05) is 33.2 Å². The maximum absolute atomic E-state index is 12.1. The molecule has 1 unspecified atom stereocenters. The summed E-state index contributed by atoms with van der Waals surface area (Å²) in [7, 11) is 4.31. The van der Waals surface area contributed by atoms with Crippen LogP contribution in [0.3, 0.4) is 0 Å². The zero-order chi connectivity index (χ0) is 17.6. The van der Waals surface area contributed by atoms with E-state index in [1.54, 1.807) is 12.1 Å². The summed E-state index contributed by atoms with van der Waals surface area (Å²) in [4.78, 5) is 11.7. The Balaban J connectivity index is 2.85. The largest absolute Gasteiger partial charge is 0.493 e. The van der Waals surface area contributed by atoms with Crippen molar-refractivity contribution >= 4 is 11.6 Å². The van der Waals surface area contributed by atoms with Crippen LogP contribution in [0.1, 0.15) is 6.92 Å². The maximum Gasteiger partial charge on any atom is 0.405 e. The van der Waals surface area contributed by atoms with Crippen molar-refractivity contribution in [3.63, 3.8) is 0 Å². The van der Waals surface area contributed by atoms with Crippen molar-refractivity contribution in [1.82, 2.24) is 5.32 Å². The maximum atomic E-state index is 12.1. The average Bonchev–Trinajstić information content (AvgIpc) is 2.50. The Kier molecular flexibility index (Phi) is 6.35. The molecule has 0 saturated carbocycles. The number of anilines is 1. The van der Waals surface area contributed by atoms with Crippen LogP contribution in [0.2, 0.25) is 0 Å². The van der Waals surface area contributed by atoms with Gasteiger partial charge in [0.15, 0.2) is 11.5 Å². The molecule has 2 N–H and O–H groups in total. The first kappa shape index (κ1) is 18.7. The summed E-state index contributed by atoms with van der Waals surface area (Å²) in [6.07, 6.45) is -4.46. The third-order valence-corrected chi connectivity index (χ3v) is 2.90. The van der Waals surface area contributed by atoms with Gasteiger partial charge >= 0.3 is 6.18 Å².